The number of rotatable bonds is 7. The molecule has 0 atom stereocenters. The molecule has 4 nitrogen and oxygen atoms in total. The number of allylic oxidation sites excluding steroid dienone is 2. The molecular weight excluding hydrogens is 797 g/mol. The van der Waals surface area contributed by atoms with Gasteiger partial charge in [0, 0.05) is 49.9 Å². The first kappa shape index (κ1) is 36.6. The summed E-state index contributed by atoms with van der Waals surface area (Å²) >= 11 is 0. The van der Waals surface area contributed by atoms with E-state index in [9.17, 15) is 9.90 Å². The van der Waals surface area contributed by atoms with Gasteiger partial charge in [0.15, 0.2) is 5.78 Å². The van der Waals surface area contributed by atoms with Crippen molar-refractivity contribution in [2.45, 2.75) is 80.3 Å². The van der Waals surface area contributed by atoms with Crippen molar-refractivity contribution in [3.63, 3.8) is 0 Å². The minimum absolute atomic E-state index is 0. The number of aryl methyl sites for hydroxylation is 2. The van der Waals surface area contributed by atoms with Crippen LogP contribution >= 0.6 is 0 Å². The molecule has 0 saturated heterocycles. The first-order chi connectivity index (χ1) is 23.0. The van der Waals surface area contributed by atoms with E-state index in [1.807, 2.05) is 33.9 Å². The summed E-state index contributed by atoms with van der Waals surface area (Å²) < 4.78 is 0. The maximum atomic E-state index is 11.7. The molecule has 0 unspecified atom stereocenters. The second kappa shape index (κ2) is 14.6. The van der Waals surface area contributed by atoms with Crippen LogP contribution in [-0.4, -0.2) is 28.9 Å². The number of nitrogens with zero attached hydrogens (tertiary/aromatic N) is 2. The second-order valence-corrected chi connectivity index (χ2v) is 18.1. The van der Waals surface area contributed by atoms with Crippen LogP contribution in [0.3, 0.4) is 0 Å². The van der Waals surface area contributed by atoms with Crippen LogP contribution in [0.1, 0.15) is 64.5 Å². The van der Waals surface area contributed by atoms with Crippen LogP contribution in [0.4, 0.5) is 0 Å². The Morgan fingerprint density at radius 1 is 0.857 bits per heavy atom. The van der Waals surface area contributed by atoms with E-state index < -0.39 is 8.07 Å². The molecule has 6 heteroatoms. The van der Waals surface area contributed by atoms with E-state index in [0.717, 1.165) is 47.8 Å². The summed E-state index contributed by atoms with van der Waals surface area (Å²) in [5.41, 5.74) is 5.73. The molecular formula is C43H47IrN2O2Si-. The number of aromatic nitrogens is 2. The van der Waals surface area contributed by atoms with Crippen molar-refractivity contribution in [3.8, 4) is 11.3 Å². The Morgan fingerprint density at radius 3 is 2.24 bits per heavy atom. The van der Waals surface area contributed by atoms with Gasteiger partial charge in [-0.3, -0.25) is 9.78 Å². The van der Waals surface area contributed by atoms with E-state index in [4.69, 9.17) is 9.97 Å². The maximum Gasteiger partial charge on any atom is 0.162 e. The van der Waals surface area contributed by atoms with Crippen LogP contribution in [0.2, 0.25) is 13.1 Å². The number of aliphatic hydroxyl groups excluding tert-OH is 1. The van der Waals surface area contributed by atoms with Crippen molar-refractivity contribution in [3.05, 3.63) is 95.9 Å². The number of pyridine rings is 2. The van der Waals surface area contributed by atoms with Crippen molar-refractivity contribution >= 4 is 67.6 Å². The molecule has 0 saturated carbocycles. The fourth-order valence-electron chi connectivity index (χ4n) is 7.48. The molecule has 1 aliphatic heterocycles. The first-order valence-electron chi connectivity index (χ1n) is 17.6. The van der Waals surface area contributed by atoms with Crippen molar-refractivity contribution in [2.24, 2.45) is 11.8 Å². The molecule has 3 heterocycles. The zero-order chi connectivity index (χ0) is 34.3. The minimum Gasteiger partial charge on any atom is -0.512 e. The summed E-state index contributed by atoms with van der Waals surface area (Å²) in [6.07, 6.45) is 6.86. The minimum atomic E-state index is -2.11. The summed E-state index contributed by atoms with van der Waals surface area (Å²) in [7, 11) is -2.11. The molecule has 0 aliphatic carbocycles. The number of ketones is 1. The molecule has 0 bridgehead atoms. The van der Waals surface area contributed by atoms with Crippen molar-refractivity contribution in [2.75, 3.05) is 0 Å². The van der Waals surface area contributed by atoms with Gasteiger partial charge in [0.2, 0.25) is 0 Å². The van der Waals surface area contributed by atoms with Crippen LogP contribution in [-0.2, 0) is 24.9 Å². The Bertz CT molecular complexity index is 2230. The third-order valence-corrected chi connectivity index (χ3v) is 14.1. The van der Waals surface area contributed by atoms with E-state index in [1.54, 1.807) is 0 Å². The molecule has 0 amide bonds. The molecule has 4 aromatic carbocycles. The molecule has 1 N–H and O–H groups in total. The number of hydrogen-bond acceptors (Lipinski definition) is 4. The number of carbonyl (C=O) groups is 1. The monoisotopic (exact) mass is 844 g/mol. The van der Waals surface area contributed by atoms with Crippen LogP contribution in [0, 0.1) is 31.7 Å². The van der Waals surface area contributed by atoms with Crippen LogP contribution < -0.4 is 10.5 Å². The summed E-state index contributed by atoms with van der Waals surface area (Å²) in [6, 6.07) is 26.0. The van der Waals surface area contributed by atoms with Crippen LogP contribution in [0.25, 0.3) is 54.5 Å². The smallest absolute Gasteiger partial charge is 0.162 e. The maximum absolute atomic E-state index is 11.7. The Morgan fingerprint density at radius 2 is 1.55 bits per heavy atom. The van der Waals surface area contributed by atoms with E-state index in [1.165, 1.54) is 60.0 Å². The fourth-order valence-corrected chi connectivity index (χ4v) is 10.3. The fraction of sp³-hybridized carbons (Fsp3) is 0.326. The average Bonchev–Trinajstić information content (AvgIpc) is 3.09. The normalized spacial score (nSPS) is 13.5. The Balaban J connectivity index is 0.000000252. The van der Waals surface area contributed by atoms with Gasteiger partial charge in [-0.2, -0.15) is 0 Å². The molecule has 2 aromatic heterocycles. The summed E-state index contributed by atoms with van der Waals surface area (Å²) in [5, 5.41) is 21.3. The van der Waals surface area contributed by atoms with E-state index in [0.29, 0.717) is 0 Å². The van der Waals surface area contributed by atoms with Gasteiger partial charge in [-0.25, -0.2) is 0 Å². The number of aliphatic hydroxyl groups is 1. The van der Waals surface area contributed by atoms with Crippen LogP contribution in [0.15, 0.2) is 78.7 Å². The summed E-state index contributed by atoms with van der Waals surface area (Å²) in [4.78, 5) is 22.0. The first-order valence-corrected chi connectivity index (χ1v) is 20.6. The molecule has 1 aliphatic rings. The zero-order valence-corrected chi connectivity index (χ0v) is 33.4. The molecule has 1 radical (unpaired) electrons. The van der Waals surface area contributed by atoms with Crippen molar-refractivity contribution < 1.29 is 30.0 Å². The van der Waals surface area contributed by atoms with Crippen molar-refractivity contribution in [1.29, 1.82) is 0 Å². The van der Waals surface area contributed by atoms with Crippen molar-refractivity contribution in [1.82, 2.24) is 9.97 Å². The Hall–Kier alpha value is -3.70. The van der Waals surface area contributed by atoms with Gasteiger partial charge in [0.1, 0.15) is 0 Å². The molecule has 0 spiro atoms. The third-order valence-electron chi connectivity index (χ3n) is 10.8. The van der Waals surface area contributed by atoms with Gasteiger partial charge >= 0.3 is 0 Å². The number of fused-ring (bicyclic) bond motifs is 7. The standard InChI is InChI=1S/C30H23N2Si.C13H24O2.Ir/c1-17-9-10-20-15-25-29-27-23(13-14-31-29)22-12-11-19-7-5-6-8-21(19)24(22)16-26(27)33(3,4)30(25)32-28(20)18(17)2;1-5-10(6-2)12(14)9-13(15)11(7-3)8-4;/h5-14,16H,1-4H3;9-11,14H,5-8H2,1-4H3;/q-1;;/b;12-9-;. The summed E-state index contributed by atoms with van der Waals surface area (Å²) in [6.45, 7) is 17.3. The number of carbonyl (C=O) groups excluding carboxylic acids is 1. The molecule has 7 rings (SSSR count). The van der Waals surface area contributed by atoms with Gasteiger partial charge in [-0.1, -0.05) is 117 Å². The molecule has 6 aromatic rings. The van der Waals surface area contributed by atoms with E-state index >= 15 is 0 Å². The largest absolute Gasteiger partial charge is 0.512 e. The molecule has 0 fully saturated rings. The predicted octanol–water partition coefficient (Wildman–Crippen LogP) is 10.2. The van der Waals surface area contributed by atoms with Gasteiger partial charge in [-0.05, 0) is 88.7 Å². The number of hydrogen-bond donors (Lipinski definition) is 1. The Kier molecular flexibility index (Phi) is 10.9. The van der Waals surface area contributed by atoms with Gasteiger partial charge < -0.3 is 10.1 Å². The third kappa shape index (κ3) is 6.40. The SMILES string of the molecule is CCC(CC)C(=O)/C=C(\O)C(CC)CC.Cc1ccc2[c-]c3c(nc2c1C)[Si](C)(C)c1cc2c4ccccc4ccc2c2ccnc-3c12.[Ir]. The van der Waals surface area contributed by atoms with E-state index in [2.05, 4.69) is 93.7 Å². The molecule has 49 heavy (non-hydrogen) atoms. The van der Waals surface area contributed by atoms with Crippen LogP contribution in [0.5, 0.6) is 0 Å². The van der Waals surface area contributed by atoms with Gasteiger partial charge in [0.05, 0.1) is 13.8 Å². The second-order valence-electron chi connectivity index (χ2n) is 13.9. The van der Waals surface area contributed by atoms with Gasteiger partial charge in [0.25, 0.3) is 0 Å². The predicted molar refractivity (Wildman–Crippen MR) is 206 cm³/mol. The average molecular weight is 844 g/mol. The topological polar surface area (TPSA) is 63.1 Å². The zero-order valence-electron chi connectivity index (χ0n) is 30.0. The van der Waals surface area contributed by atoms with E-state index in [-0.39, 0.29) is 43.5 Å². The Labute approximate surface area is 305 Å². The number of benzene rings is 4. The quantitative estimate of drug-likeness (QED) is 0.0572. The summed E-state index contributed by atoms with van der Waals surface area (Å²) in [5.74, 6) is 0.547. The molecule has 255 valence electrons. The van der Waals surface area contributed by atoms with Gasteiger partial charge in [-0.15, -0.1) is 12.1 Å².